The molecule has 0 aromatic heterocycles. The molecule has 4 unspecified atom stereocenters. The molecule has 37 heavy (non-hydrogen) atoms. The molecule has 0 radical (unpaired) electrons. The third-order valence-electron chi connectivity index (χ3n) is 9.92. The van der Waals surface area contributed by atoms with Gasteiger partial charge in [-0.2, -0.15) is 0 Å². The van der Waals surface area contributed by atoms with E-state index >= 15 is 0 Å². The van der Waals surface area contributed by atoms with Crippen LogP contribution in [0, 0.1) is 17.3 Å². The number of amides is 2. The minimum atomic E-state index is -0.163. The average molecular weight is 508 g/mol. The Balaban J connectivity index is 1.08. The van der Waals surface area contributed by atoms with E-state index in [1.165, 1.54) is 61.1 Å². The predicted molar refractivity (Wildman–Crippen MR) is 146 cm³/mol. The van der Waals surface area contributed by atoms with Crippen molar-refractivity contribution in [3.05, 3.63) is 41.5 Å². The van der Waals surface area contributed by atoms with Crippen molar-refractivity contribution in [1.29, 1.82) is 0 Å². The number of nitrogens with two attached hydrogens (primary N) is 1. The summed E-state index contributed by atoms with van der Waals surface area (Å²) in [5.74, 6) is 3.02. The van der Waals surface area contributed by atoms with Gasteiger partial charge in [-0.25, -0.2) is 0 Å². The second-order valence-corrected chi connectivity index (χ2v) is 12.0. The SMILES string of the molecule is C[C@]12CCC3c4ccc(OCCCN)cc4CCC3C1CCC2NCCCCCCN1C(=O)C=CC1=O. The topological polar surface area (TPSA) is 84.7 Å². The number of unbranched alkanes of at least 4 members (excludes halogenated alkanes) is 3. The normalized spacial score (nSPS) is 30.4. The summed E-state index contributed by atoms with van der Waals surface area (Å²) in [7, 11) is 0. The molecule has 6 nitrogen and oxygen atoms in total. The van der Waals surface area contributed by atoms with Crippen LogP contribution in [0.5, 0.6) is 5.75 Å². The lowest BCUT2D eigenvalue weighted by atomic mass is 9.55. The van der Waals surface area contributed by atoms with Crippen LogP contribution in [-0.4, -0.2) is 49.0 Å². The quantitative estimate of drug-likeness (QED) is 0.316. The van der Waals surface area contributed by atoms with Gasteiger partial charge >= 0.3 is 0 Å². The number of nitrogens with one attached hydrogen (secondary N) is 1. The van der Waals surface area contributed by atoms with E-state index in [4.69, 9.17) is 10.5 Å². The number of carbonyl (C=O) groups is 2. The lowest BCUT2D eigenvalue weighted by molar-refractivity contribution is -0.136. The van der Waals surface area contributed by atoms with Crippen molar-refractivity contribution >= 4 is 11.8 Å². The molecule has 1 heterocycles. The summed E-state index contributed by atoms with van der Waals surface area (Å²) in [4.78, 5) is 24.7. The van der Waals surface area contributed by atoms with E-state index < -0.39 is 0 Å². The third kappa shape index (κ3) is 5.51. The molecule has 2 fully saturated rings. The predicted octanol–water partition coefficient (Wildman–Crippen LogP) is 4.71. The highest BCUT2D eigenvalue weighted by Gasteiger charge is 2.54. The molecule has 4 aliphatic rings. The maximum Gasteiger partial charge on any atom is 0.253 e. The van der Waals surface area contributed by atoms with Gasteiger partial charge in [-0.3, -0.25) is 14.5 Å². The number of ether oxygens (including phenoxy) is 1. The lowest BCUT2D eigenvalue weighted by Gasteiger charge is -2.51. The van der Waals surface area contributed by atoms with Crippen LogP contribution >= 0.6 is 0 Å². The minimum absolute atomic E-state index is 0.163. The monoisotopic (exact) mass is 507 g/mol. The van der Waals surface area contributed by atoms with Crippen LogP contribution in [-0.2, 0) is 16.0 Å². The van der Waals surface area contributed by atoms with Crippen molar-refractivity contribution in [2.24, 2.45) is 23.0 Å². The fraction of sp³-hybridized carbons (Fsp3) is 0.677. The van der Waals surface area contributed by atoms with Crippen molar-refractivity contribution in [2.45, 2.75) is 89.5 Å². The molecule has 3 N–H and O–H groups in total. The van der Waals surface area contributed by atoms with Crippen molar-refractivity contribution in [3.8, 4) is 5.75 Å². The van der Waals surface area contributed by atoms with Crippen LogP contribution in [0.25, 0.3) is 0 Å². The van der Waals surface area contributed by atoms with Crippen molar-refractivity contribution in [1.82, 2.24) is 10.2 Å². The highest BCUT2D eigenvalue weighted by atomic mass is 16.5. The second kappa shape index (κ2) is 11.7. The van der Waals surface area contributed by atoms with Gasteiger partial charge in [0.05, 0.1) is 6.61 Å². The van der Waals surface area contributed by atoms with E-state index in [2.05, 4.69) is 30.4 Å². The van der Waals surface area contributed by atoms with Crippen LogP contribution in [0.2, 0.25) is 0 Å². The van der Waals surface area contributed by atoms with E-state index in [1.54, 1.807) is 5.56 Å². The summed E-state index contributed by atoms with van der Waals surface area (Å²) in [6.07, 6.45) is 15.7. The summed E-state index contributed by atoms with van der Waals surface area (Å²) in [5.41, 5.74) is 9.13. The molecule has 0 bridgehead atoms. The summed E-state index contributed by atoms with van der Waals surface area (Å²) in [6.45, 7) is 5.57. The van der Waals surface area contributed by atoms with Gasteiger partial charge in [0.1, 0.15) is 5.75 Å². The molecule has 6 heteroatoms. The maximum atomic E-state index is 11.6. The van der Waals surface area contributed by atoms with Gasteiger partial charge in [-0.15, -0.1) is 0 Å². The lowest BCUT2D eigenvalue weighted by Crippen LogP contribution is -2.48. The molecule has 3 aliphatic carbocycles. The number of rotatable bonds is 12. The Morgan fingerprint density at radius 1 is 1.03 bits per heavy atom. The zero-order valence-electron chi connectivity index (χ0n) is 22.6. The van der Waals surface area contributed by atoms with Crippen molar-refractivity contribution in [2.75, 3.05) is 26.2 Å². The standard InChI is InChI=1S/C31H45N3O3/c1-31-16-15-25-24-10-8-23(37-20-6-17-32)21-22(24)7-9-26(25)27(31)11-12-28(31)33-18-4-2-3-5-19-34-29(35)13-14-30(34)36/h8,10,13-14,21,25-28,33H,2-7,9,11-12,15-20,32H2,1H3/t25?,26?,27?,28?,31-/m0/s1. The van der Waals surface area contributed by atoms with Gasteiger partial charge in [-0.05, 0) is 117 Å². The van der Waals surface area contributed by atoms with Crippen LogP contribution in [0.4, 0.5) is 0 Å². The van der Waals surface area contributed by atoms with Gasteiger partial charge in [0, 0.05) is 24.7 Å². The number of nitrogens with zero attached hydrogens (tertiary/aromatic N) is 1. The van der Waals surface area contributed by atoms with E-state index in [1.807, 2.05) is 0 Å². The van der Waals surface area contributed by atoms with E-state index in [-0.39, 0.29) is 11.8 Å². The highest BCUT2D eigenvalue weighted by Crippen LogP contribution is 2.61. The van der Waals surface area contributed by atoms with Crippen LogP contribution < -0.4 is 15.8 Å². The Bertz CT molecular complexity index is 989. The highest BCUT2D eigenvalue weighted by molar-refractivity contribution is 6.12. The summed E-state index contributed by atoms with van der Waals surface area (Å²) >= 11 is 0. The van der Waals surface area contributed by atoms with Crippen molar-refractivity contribution in [3.63, 3.8) is 0 Å². The number of fused-ring (bicyclic) bond motifs is 5. The summed E-state index contributed by atoms with van der Waals surface area (Å²) in [6, 6.07) is 7.47. The number of carbonyl (C=O) groups excluding carboxylic acids is 2. The van der Waals surface area contributed by atoms with Gasteiger partial charge < -0.3 is 15.8 Å². The molecule has 5 atom stereocenters. The van der Waals surface area contributed by atoms with Crippen LogP contribution in [0.1, 0.15) is 88.2 Å². The maximum absolute atomic E-state index is 11.6. The summed E-state index contributed by atoms with van der Waals surface area (Å²) in [5, 5.41) is 3.96. The van der Waals surface area contributed by atoms with Gasteiger partial charge in [0.2, 0.25) is 0 Å². The Morgan fingerprint density at radius 2 is 1.84 bits per heavy atom. The van der Waals surface area contributed by atoms with Gasteiger partial charge in [-0.1, -0.05) is 25.8 Å². The average Bonchev–Trinajstić information content (AvgIpc) is 3.41. The first kappa shape index (κ1) is 26.4. The molecule has 1 aromatic carbocycles. The van der Waals surface area contributed by atoms with Crippen LogP contribution in [0.15, 0.2) is 30.4 Å². The Hall–Kier alpha value is -2.18. The van der Waals surface area contributed by atoms with Crippen molar-refractivity contribution < 1.29 is 14.3 Å². The summed E-state index contributed by atoms with van der Waals surface area (Å²) < 4.78 is 5.93. The molecular weight excluding hydrogens is 462 g/mol. The first-order chi connectivity index (χ1) is 18.0. The Kier molecular flexibility index (Phi) is 8.35. The number of aryl methyl sites for hydroxylation is 1. The fourth-order valence-electron chi connectivity index (χ4n) is 7.93. The molecular formula is C31H45N3O3. The first-order valence-electron chi connectivity index (χ1n) is 14.7. The molecule has 5 rings (SSSR count). The fourth-order valence-corrected chi connectivity index (χ4v) is 7.93. The molecule has 1 aliphatic heterocycles. The number of imide groups is 1. The smallest absolute Gasteiger partial charge is 0.253 e. The van der Waals surface area contributed by atoms with E-state index in [0.717, 1.165) is 56.2 Å². The largest absolute Gasteiger partial charge is 0.494 e. The second-order valence-electron chi connectivity index (χ2n) is 12.0. The van der Waals surface area contributed by atoms with Gasteiger partial charge in [0.25, 0.3) is 11.8 Å². The molecule has 0 spiro atoms. The molecule has 0 saturated heterocycles. The molecule has 202 valence electrons. The Morgan fingerprint density at radius 3 is 2.65 bits per heavy atom. The zero-order valence-corrected chi connectivity index (χ0v) is 22.6. The van der Waals surface area contributed by atoms with Gasteiger partial charge in [0.15, 0.2) is 0 Å². The molecule has 2 amide bonds. The third-order valence-corrected chi connectivity index (χ3v) is 9.92. The number of hydrogen-bond acceptors (Lipinski definition) is 5. The number of benzene rings is 1. The zero-order chi connectivity index (χ0) is 25.8. The number of hydrogen-bond donors (Lipinski definition) is 2. The minimum Gasteiger partial charge on any atom is -0.494 e. The first-order valence-corrected chi connectivity index (χ1v) is 14.7. The Labute approximate surface area is 222 Å². The molecule has 2 saturated carbocycles. The van der Waals surface area contributed by atoms with Crippen LogP contribution in [0.3, 0.4) is 0 Å². The van der Waals surface area contributed by atoms with E-state index in [0.29, 0.717) is 37.1 Å². The van der Waals surface area contributed by atoms with E-state index in [9.17, 15) is 9.59 Å². The molecule has 1 aromatic rings.